The average Bonchev–Trinajstić information content (AvgIpc) is 3.08. The van der Waals surface area contributed by atoms with Crippen molar-refractivity contribution in [1.82, 2.24) is 20.0 Å². The summed E-state index contributed by atoms with van der Waals surface area (Å²) in [5.41, 5.74) is 3.21. The van der Waals surface area contributed by atoms with E-state index in [9.17, 15) is 14.0 Å². The summed E-state index contributed by atoms with van der Waals surface area (Å²) < 4.78 is 14.7. The molecule has 3 rings (SSSR count). The Morgan fingerprint density at radius 3 is 2.48 bits per heavy atom. The molecule has 0 unspecified atom stereocenters. The molecule has 0 bridgehead atoms. The minimum Gasteiger partial charge on any atom is -0.350 e. The predicted octanol–water partition coefficient (Wildman–Crippen LogP) is 4.21. The van der Waals surface area contributed by atoms with E-state index in [1.54, 1.807) is 29.8 Å². The number of nitrogens with zero attached hydrogens (tertiary/aromatic N) is 3. The summed E-state index contributed by atoms with van der Waals surface area (Å²) in [5, 5.41) is 7.66. The number of hydrogen-bond acceptors (Lipinski definition) is 3. The van der Waals surface area contributed by atoms with Gasteiger partial charge in [0.05, 0.1) is 18.8 Å². The molecule has 3 aromatic rings. The molecular formula is C25H26ClFN4O2. The highest BCUT2D eigenvalue weighted by Crippen LogP contribution is 2.22. The van der Waals surface area contributed by atoms with Gasteiger partial charge >= 0.3 is 0 Å². The molecule has 1 heterocycles. The summed E-state index contributed by atoms with van der Waals surface area (Å²) in [7, 11) is 0. The lowest BCUT2D eigenvalue weighted by molar-refractivity contribution is -0.132. The van der Waals surface area contributed by atoms with Crippen molar-refractivity contribution >= 4 is 29.5 Å². The number of carbonyl (C=O) groups is 2. The Balaban J connectivity index is 1.59. The zero-order chi connectivity index (χ0) is 23.8. The number of aromatic nitrogens is 2. The Hall–Kier alpha value is -3.45. The summed E-state index contributed by atoms with van der Waals surface area (Å²) in [4.78, 5) is 26.4. The highest BCUT2D eigenvalue weighted by Gasteiger charge is 2.15. The van der Waals surface area contributed by atoms with Crippen LogP contribution in [0.15, 0.2) is 60.7 Å². The van der Waals surface area contributed by atoms with E-state index in [-0.39, 0.29) is 30.7 Å². The molecule has 2 amide bonds. The van der Waals surface area contributed by atoms with E-state index in [0.29, 0.717) is 29.5 Å². The van der Waals surface area contributed by atoms with Crippen molar-refractivity contribution in [3.05, 3.63) is 94.0 Å². The molecule has 0 radical (unpaired) electrons. The molecule has 1 aromatic heterocycles. The lowest BCUT2D eigenvalue weighted by Gasteiger charge is -2.18. The Kier molecular flexibility index (Phi) is 8.38. The second kappa shape index (κ2) is 11.4. The predicted molar refractivity (Wildman–Crippen MR) is 127 cm³/mol. The van der Waals surface area contributed by atoms with Crippen molar-refractivity contribution in [2.45, 2.75) is 26.9 Å². The third-order valence-electron chi connectivity index (χ3n) is 5.11. The van der Waals surface area contributed by atoms with Crippen molar-refractivity contribution in [2.75, 3.05) is 13.1 Å². The first kappa shape index (κ1) is 24.2. The number of hydrogen-bond donors (Lipinski definition) is 1. The Bertz CT molecular complexity index is 1130. The molecule has 6 nitrogen and oxygen atoms in total. The van der Waals surface area contributed by atoms with E-state index in [1.807, 2.05) is 37.3 Å². The van der Waals surface area contributed by atoms with Crippen LogP contribution in [0.25, 0.3) is 6.08 Å². The molecule has 33 heavy (non-hydrogen) atoms. The number of carbonyl (C=O) groups excluding carboxylic acids is 2. The second-order valence-corrected chi connectivity index (χ2v) is 7.88. The Labute approximate surface area is 197 Å². The van der Waals surface area contributed by atoms with Crippen molar-refractivity contribution in [1.29, 1.82) is 0 Å². The fourth-order valence-corrected chi connectivity index (χ4v) is 3.55. The van der Waals surface area contributed by atoms with Crippen LogP contribution < -0.4 is 5.32 Å². The zero-order valence-corrected chi connectivity index (χ0v) is 19.3. The maximum atomic E-state index is 13.0. The Morgan fingerprint density at radius 2 is 1.82 bits per heavy atom. The van der Waals surface area contributed by atoms with Gasteiger partial charge in [0.15, 0.2) is 0 Å². The standard InChI is InChI=1S/C25H26ClFN4O2/c1-3-30(17-23(32)28-15-19-9-11-21(27)12-10-19)24(33)14-13-22-18(2)29-31(25(22)26)16-20-7-5-4-6-8-20/h4-14H,3,15-17H2,1-2H3,(H,28,32)/b14-13+. The average molecular weight is 469 g/mol. The SMILES string of the molecule is CCN(CC(=O)NCc1ccc(F)cc1)C(=O)/C=C/c1c(C)nn(Cc2ccccc2)c1Cl. The van der Waals surface area contributed by atoms with Crippen molar-refractivity contribution in [3.63, 3.8) is 0 Å². The topological polar surface area (TPSA) is 67.2 Å². The summed E-state index contributed by atoms with van der Waals surface area (Å²) >= 11 is 6.51. The fourth-order valence-electron chi connectivity index (χ4n) is 3.26. The molecule has 0 fully saturated rings. The van der Waals surface area contributed by atoms with Gasteiger partial charge in [0.2, 0.25) is 11.8 Å². The van der Waals surface area contributed by atoms with Crippen LogP contribution in [0, 0.1) is 12.7 Å². The molecule has 172 valence electrons. The van der Waals surface area contributed by atoms with Crippen molar-refractivity contribution in [2.24, 2.45) is 0 Å². The highest BCUT2D eigenvalue weighted by molar-refractivity contribution is 6.31. The third kappa shape index (κ3) is 6.76. The van der Waals surface area contributed by atoms with E-state index in [1.165, 1.54) is 23.1 Å². The van der Waals surface area contributed by atoms with Crippen molar-refractivity contribution in [3.8, 4) is 0 Å². The number of likely N-dealkylation sites (N-methyl/N-ethyl adjacent to an activating group) is 1. The molecule has 0 saturated carbocycles. The van der Waals surface area contributed by atoms with Crippen LogP contribution in [0.5, 0.6) is 0 Å². The third-order valence-corrected chi connectivity index (χ3v) is 5.51. The van der Waals surface area contributed by atoms with Gasteiger partial charge in [0, 0.05) is 24.7 Å². The van der Waals surface area contributed by atoms with E-state index in [0.717, 1.165) is 11.1 Å². The number of nitrogens with one attached hydrogen (secondary N) is 1. The van der Waals surface area contributed by atoms with Crippen molar-refractivity contribution < 1.29 is 14.0 Å². The summed E-state index contributed by atoms with van der Waals surface area (Å²) in [6.45, 7) is 4.70. The van der Waals surface area contributed by atoms with E-state index >= 15 is 0 Å². The number of aryl methyl sites for hydroxylation is 1. The first-order valence-electron chi connectivity index (χ1n) is 10.6. The van der Waals surface area contributed by atoms with Gasteiger partial charge in [-0.3, -0.25) is 9.59 Å². The van der Waals surface area contributed by atoms with E-state index in [4.69, 9.17) is 11.6 Å². The summed E-state index contributed by atoms with van der Waals surface area (Å²) in [6, 6.07) is 15.7. The minimum atomic E-state index is -0.333. The molecule has 0 aliphatic carbocycles. The van der Waals surface area contributed by atoms with Crippen LogP contribution in [-0.4, -0.2) is 39.6 Å². The highest BCUT2D eigenvalue weighted by atomic mass is 35.5. The fraction of sp³-hybridized carbons (Fsp3) is 0.240. The Morgan fingerprint density at radius 1 is 1.12 bits per heavy atom. The van der Waals surface area contributed by atoms with Gasteiger partial charge in [-0.25, -0.2) is 9.07 Å². The summed E-state index contributed by atoms with van der Waals surface area (Å²) in [6.07, 6.45) is 3.03. The largest absolute Gasteiger partial charge is 0.350 e. The maximum absolute atomic E-state index is 13.0. The van der Waals surface area contributed by atoms with Crippen LogP contribution in [0.2, 0.25) is 5.15 Å². The van der Waals surface area contributed by atoms with Gasteiger partial charge in [0.1, 0.15) is 11.0 Å². The molecular weight excluding hydrogens is 443 g/mol. The molecule has 0 aliphatic rings. The first-order chi connectivity index (χ1) is 15.9. The van der Waals surface area contributed by atoms with Gasteiger partial charge in [-0.2, -0.15) is 5.10 Å². The summed E-state index contributed by atoms with van der Waals surface area (Å²) in [5.74, 6) is -0.936. The monoisotopic (exact) mass is 468 g/mol. The number of amides is 2. The number of halogens is 2. The van der Waals surface area contributed by atoms with Gasteiger partial charge in [0.25, 0.3) is 0 Å². The van der Waals surface area contributed by atoms with Gasteiger partial charge < -0.3 is 10.2 Å². The van der Waals surface area contributed by atoms with Crippen LogP contribution in [0.4, 0.5) is 4.39 Å². The van der Waals surface area contributed by atoms with Crippen LogP contribution in [-0.2, 0) is 22.7 Å². The van der Waals surface area contributed by atoms with Gasteiger partial charge in [-0.15, -0.1) is 0 Å². The van der Waals surface area contributed by atoms with Crippen LogP contribution in [0.1, 0.15) is 29.3 Å². The smallest absolute Gasteiger partial charge is 0.247 e. The zero-order valence-electron chi connectivity index (χ0n) is 18.6. The molecule has 2 aromatic carbocycles. The normalized spacial score (nSPS) is 11.0. The van der Waals surface area contributed by atoms with E-state index in [2.05, 4.69) is 10.4 Å². The maximum Gasteiger partial charge on any atom is 0.247 e. The molecule has 1 N–H and O–H groups in total. The molecule has 8 heteroatoms. The molecule has 0 saturated heterocycles. The first-order valence-corrected chi connectivity index (χ1v) is 11.0. The molecule has 0 spiro atoms. The molecule has 0 aliphatic heterocycles. The molecule has 0 atom stereocenters. The minimum absolute atomic E-state index is 0.0825. The van der Waals surface area contributed by atoms with E-state index < -0.39 is 0 Å². The van der Waals surface area contributed by atoms with Gasteiger partial charge in [-0.1, -0.05) is 54.1 Å². The number of benzene rings is 2. The van der Waals surface area contributed by atoms with Gasteiger partial charge in [-0.05, 0) is 43.2 Å². The lowest BCUT2D eigenvalue weighted by Crippen LogP contribution is -2.39. The van der Waals surface area contributed by atoms with Crippen LogP contribution in [0.3, 0.4) is 0 Å². The quantitative estimate of drug-likeness (QED) is 0.478. The van der Waals surface area contributed by atoms with Crippen LogP contribution >= 0.6 is 11.6 Å². The lowest BCUT2D eigenvalue weighted by atomic mass is 10.2. The second-order valence-electron chi connectivity index (χ2n) is 7.52. The number of rotatable bonds is 9.